The Hall–Kier alpha value is -1.95. The van der Waals surface area contributed by atoms with Crippen molar-refractivity contribution in [1.29, 1.82) is 0 Å². The zero-order valence-corrected chi connectivity index (χ0v) is 10.5. The van der Waals surface area contributed by atoms with Crippen LogP contribution >= 0.6 is 0 Å². The van der Waals surface area contributed by atoms with Gasteiger partial charge in [0.2, 0.25) is 0 Å². The molecule has 1 aromatic carbocycles. The van der Waals surface area contributed by atoms with Crippen LogP contribution in [0.5, 0.6) is 11.5 Å². The van der Waals surface area contributed by atoms with E-state index in [0.717, 1.165) is 24.8 Å². The number of fused-ring (bicyclic) bond motifs is 2. The Morgan fingerprint density at radius 3 is 2.37 bits per heavy atom. The van der Waals surface area contributed by atoms with E-state index in [1.165, 1.54) is 0 Å². The van der Waals surface area contributed by atoms with Gasteiger partial charge in [-0.3, -0.25) is 5.84 Å². The minimum atomic E-state index is -0.969. The molecule has 19 heavy (non-hydrogen) atoms. The first-order valence-corrected chi connectivity index (χ1v) is 6.41. The number of carbonyl (C=O) groups is 1. The number of anilines is 1. The lowest BCUT2D eigenvalue weighted by Gasteiger charge is -2.29. The van der Waals surface area contributed by atoms with E-state index in [1.807, 2.05) is 0 Å². The van der Waals surface area contributed by atoms with E-state index in [1.54, 1.807) is 0 Å². The lowest BCUT2D eigenvalue weighted by atomic mass is 9.91. The predicted molar refractivity (Wildman–Crippen MR) is 68.8 cm³/mol. The largest absolute Gasteiger partial charge is 0.492 e. The number of benzene rings is 1. The Balaban J connectivity index is 2.31. The van der Waals surface area contributed by atoms with Crippen LogP contribution in [0.4, 0.5) is 5.69 Å². The molecular formula is C13H16N2O4. The van der Waals surface area contributed by atoms with Crippen LogP contribution in [-0.2, 0) is 12.8 Å². The average Bonchev–Trinajstić information content (AvgIpc) is 2.44. The third-order valence-electron chi connectivity index (χ3n) is 3.60. The van der Waals surface area contributed by atoms with Crippen LogP contribution in [0.25, 0.3) is 0 Å². The molecule has 6 heteroatoms. The Kier molecular flexibility index (Phi) is 2.94. The lowest BCUT2D eigenvalue weighted by molar-refractivity contribution is 0.0688. The highest BCUT2D eigenvalue weighted by Gasteiger charge is 2.31. The van der Waals surface area contributed by atoms with Crippen LogP contribution in [0.2, 0.25) is 0 Å². The normalized spacial score (nSPS) is 16.7. The summed E-state index contributed by atoms with van der Waals surface area (Å²) in [5.41, 5.74) is 5.07. The number of nitrogen functional groups attached to an aromatic ring is 1. The summed E-state index contributed by atoms with van der Waals surface area (Å²) in [4.78, 5) is 11.6. The highest BCUT2D eigenvalue weighted by molar-refractivity contribution is 5.96. The van der Waals surface area contributed by atoms with Crippen LogP contribution in [0.1, 0.15) is 34.3 Å². The first-order chi connectivity index (χ1) is 9.24. The molecule has 0 radical (unpaired) electrons. The molecule has 0 aliphatic carbocycles. The van der Waals surface area contributed by atoms with Gasteiger partial charge in [-0.05, 0) is 25.7 Å². The van der Waals surface area contributed by atoms with E-state index in [4.69, 9.17) is 15.3 Å². The average molecular weight is 264 g/mol. The van der Waals surface area contributed by atoms with E-state index in [2.05, 4.69) is 5.43 Å². The van der Waals surface area contributed by atoms with Crippen LogP contribution in [0.15, 0.2) is 0 Å². The molecule has 0 spiro atoms. The lowest BCUT2D eigenvalue weighted by Crippen LogP contribution is -2.23. The standard InChI is InChI=1S/C13H16N2O4/c14-15-10-8-4-2-5-18-11(8)9(13(16)17)7-3-1-6-19-12(7)10/h15H,1-6,14H2,(H,16,17). The highest BCUT2D eigenvalue weighted by Crippen LogP contribution is 2.46. The van der Waals surface area contributed by atoms with Crippen molar-refractivity contribution in [2.24, 2.45) is 5.84 Å². The molecule has 4 N–H and O–H groups in total. The van der Waals surface area contributed by atoms with Gasteiger partial charge in [0.05, 0.1) is 18.9 Å². The van der Waals surface area contributed by atoms with Crippen LogP contribution < -0.4 is 20.7 Å². The number of ether oxygens (including phenoxy) is 2. The summed E-state index contributed by atoms with van der Waals surface area (Å²) in [7, 11) is 0. The smallest absolute Gasteiger partial charge is 0.339 e. The summed E-state index contributed by atoms with van der Waals surface area (Å²) < 4.78 is 11.2. The molecule has 102 valence electrons. The van der Waals surface area contributed by atoms with Crippen molar-refractivity contribution in [3.8, 4) is 11.5 Å². The quantitative estimate of drug-likeness (QED) is 0.551. The molecular weight excluding hydrogens is 248 g/mol. The first kappa shape index (κ1) is 12.1. The monoisotopic (exact) mass is 264 g/mol. The first-order valence-electron chi connectivity index (χ1n) is 6.41. The van der Waals surface area contributed by atoms with Crippen LogP contribution in [-0.4, -0.2) is 24.3 Å². The van der Waals surface area contributed by atoms with Gasteiger partial charge in [0, 0.05) is 11.1 Å². The Morgan fingerprint density at radius 2 is 1.74 bits per heavy atom. The van der Waals surface area contributed by atoms with Gasteiger partial charge in [0.1, 0.15) is 17.1 Å². The van der Waals surface area contributed by atoms with E-state index in [9.17, 15) is 9.90 Å². The molecule has 0 unspecified atom stereocenters. The van der Waals surface area contributed by atoms with Gasteiger partial charge in [-0.2, -0.15) is 0 Å². The summed E-state index contributed by atoms with van der Waals surface area (Å²) >= 11 is 0. The summed E-state index contributed by atoms with van der Waals surface area (Å²) in [6.07, 6.45) is 3.06. The second-order valence-electron chi connectivity index (χ2n) is 4.72. The summed E-state index contributed by atoms with van der Waals surface area (Å²) in [6.45, 7) is 1.12. The number of hydrogen-bond acceptors (Lipinski definition) is 5. The van der Waals surface area contributed by atoms with Gasteiger partial charge >= 0.3 is 5.97 Å². The fourth-order valence-electron chi connectivity index (χ4n) is 2.82. The number of aromatic carboxylic acids is 1. The van der Waals surface area contributed by atoms with Gasteiger partial charge in [0.15, 0.2) is 0 Å². The SMILES string of the molecule is NNc1c2c(c(C(=O)O)c3c1OCCC3)OCCC2. The van der Waals surface area contributed by atoms with Crippen molar-refractivity contribution >= 4 is 11.7 Å². The van der Waals surface area contributed by atoms with E-state index >= 15 is 0 Å². The van der Waals surface area contributed by atoms with Gasteiger partial charge in [-0.15, -0.1) is 0 Å². The fourth-order valence-corrected chi connectivity index (χ4v) is 2.82. The maximum atomic E-state index is 11.6. The Bertz CT molecular complexity index is 505. The molecule has 0 fully saturated rings. The van der Waals surface area contributed by atoms with E-state index in [0.29, 0.717) is 42.4 Å². The van der Waals surface area contributed by atoms with Crippen molar-refractivity contribution in [3.63, 3.8) is 0 Å². The fraction of sp³-hybridized carbons (Fsp3) is 0.462. The maximum absolute atomic E-state index is 11.6. The van der Waals surface area contributed by atoms with Gasteiger partial charge in [-0.25, -0.2) is 4.79 Å². The number of hydrazine groups is 1. The molecule has 0 saturated heterocycles. The summed E-state index contributed by atoms with van der Waals surface area (Å²) in [5, 5.41) is 9.47. The number of nitrogens with one attached hydrogen (secondary N) is 1. The molecule has 0 saturated carbocycles. The number of hydrogen-bond donors (Lipinski definition) is 3. The molecule has 0 atom stereocenters. The number of carboxylic acid groups (broad SMARTS) is 1. The molecule has 0 aromatic heterocycles. The molecule has 0 bridgehead atoms. The maximum Gasteiger partial charge on any atom is 0.339 e. The Labute approximate surface area is 110 Å². The van der Waals surface area contributed by atoms with Gasteiger partial charge in [-0.1, -0.05) is 0 Å². The van der Waals surface area contributed by atoms with E-state index in [-0.39, 0.29) is 5.56 Å². The van der Waals surface area contributed by atoms with Gasteiger partial charge < -0.3 is 20.0 Å². The zero-order chi connectivity index (χ0) is 13.4. The van der Waals surface area contributed by atoms with Crippen LogP contribution in [0, 0.1) is 0 Å². The van der Waals surface area contributed by atoms with Crippen molar-refractivity contribution < 1.29 is 19.4 Å². The number of nitrogens with two attached hydrogens (primary N) is 1. The third-order valence-corrected chi connectivity index (χ3v) is 3.60. The predicted octanol–water partition coefficient (Wildman–Crippen LogP) is 1.32. The number of rotatable bonds is 2. The van der Waals surface area contributed by atoms with Crippen molar-refractivity contribution in [2.75, 3.05) is 18.6 Å². The topological polar surface area (TPSA) is 93.8 Å². The van der Waals surface area contributed by atoms with Crippen molar-refractivity contribution in [1.82, 2.24) is 0 Å². The molecule has 3 rings (SSSR count). The minimum Gasteiger partial charge on any atom is -0.492 e. The second kappa shape index (κ2) is 4.62. The zero-order valence-electron chi connectivity index (χ0n) is 10.5. The summed E-state index contributed by atoms with van der Waals surface area (Å²) in [6, 6.07) is 0. The van der Waals surface area contributed by atoms with Crippen molar-refractivity contribution in [2.45, 2.75) is 25.7 Å². The molecule has 1 aromatic rings. The minimum absolute atomic E-state index is 0.239. The second-order valence-corrected chi connectivity index (χ2v) is 4.72. The third kappa shape index (κ3) is 1.79. The van der Waals surface area contributed by atoms with Crippen molar-refractivity contribution in [3.05, 3.63) is 16.7 Å². The molecule has 2 aliphatic heterocycles. The molecule has 2 heterocycles. The number of carboxylic acids is 1. The van der Waals surface area contributed by atoms with Crippen LogP contribution in [0.3, 0.4) is 0 Å². The van der Waals surface area contributed by atoms with Gasteiger partial charge in [0.25, 0.3) is 0 Å². The molecule has 6 nitrogen and oxygen atoms in total. The van der Waals surface area contributed by atoms with E-state index < -0.39 is 5.97 Å². The highest BCUT2D eigenvalue weighted by atomic mass is 16.5. The Morgan fingerprint density at radius 1 is 1.11 bits per heavy atom. The summed E-state index contributed by atoms with van der Waals surface area (Å²) in [5.74, 6) is 5.66. The molecule has 0 amide bonds. The molecule has 2 aliphatic rings.